The molecule has 32 heavy (non-hydrogen) atoms. The van der Waals surface area contributed by atoms with Crippen LogP contribution in [0.4, 0.5) is 0 Å². The van der Waals surface area contributed by atoms with Crippen molar-refractivity contribution in [3.05, 3.63) is 95.1 Å². The second-order valence-corrected chi connectivity index (χ2v) is 9.28. The van der Waals surface area contributed by atoms with Gasteiger partial charge >= 0.3 is 0 Å². The second kappa shape index (κ2) is 9.79. The van der Waals surface area contributed by atoms with E-state index in [-0.39, 0.29) is 11.8 Å². The first-order chi connectivity index (χ1) is 15.8. The highest BCUT2D eigenvalue weighted by atomic mass is 16.5. The highest BCUT2D eigenvalue weighted by Crippen LogP contribution is 2.46. The Morgan fingerprint density at radius 1 is 0.844 bits per heavy atom. The van der Waals surface area contributed by atoms with Gasteiger partial charge in [0.25, 0.3) is 0 Å². The lowest BCUT2D eigenvalue weighted by Crippen LogP contribution is -2.25. The van der Waals surface area contributed by atoms with E-state index in [1.807, 2.05) is 12.1 Å². The van der Waals surface area contributed by atoms with Crippen molar-refractivity contribution in [3.8, 4) is 11.5 Å². The lowest BCUT2D eigenvalue weighted by atomic mass is 9.75. The summed E-state index contributed by atoms with van der Waals surface area (Å²) in [5, 5.41) is 10.2. The van der Waals surface area contributed by atoms with Crippen LogP contribution in [0.5, 0.6) is 11.5 Å². The lowest BCUT2D eigenvalue weighted by Gasteiger charge is -2.34. The number of aryl methyl sites for hydroxylation is 1. The molecule has 2 aliphatic heterocycles. The van der Waals surface area contributed by atoms with Gasteiger partial charge in [-0.05, 0) is 86.6 Å². The van der Waals surface area contributed by atoms with E-state index in [2.05, 4.69) is 59.5 Å². The van der Waals surface area contributed by atoms with Gasteiger partial charge in [-0.2, -0.15) is 0 Å². The highest BCUT2D eigenvalue weighted by Gasteiger charge is 2.33. The first kappa shape index (κ1) is 21.1. The zero-order valence-corrected chi connectivity index (χ0v) is 18.7. The van der Waals surface area contributed by atoms with Crippen molar-refractivity contribution >= 4 is 0 Å². The molecule has 3 aromatic rings. The Bertz CT molecular complexity index is 1010. The van der Waals surface area contributed by atoms with Crippen LogP contribution < -0.4 is 4.74 Å². The number of likely N-dealkylation sites (tertiary alicyclic amines) is 1. The summed E-state index contributed by atoms with van der Waals surface area (Å²) in [6, 6.07) is 25.3. The minimum atomic E-state index is 0.164. The van der Waals surface area contributed by atoms with Crippen LogP contribution in [0.2, 0.25) is 0 Å². The third-order valence-corrected chi connectivity index (χ3v) is 7.10. The lowest BCUT2D eigenvalue weighted by molar-refractivity contribution is 0.248. The summed E-state index contributed by atoms with van der Waals surface area (Å²) in [6.07, 6.45) is 6.42. The van der Waals surface area contributed by atoms with Gasteiger partial charge in [-0.3, -0.25) is 0 Å². The number of aromatic hydroxyl groups is 1. The van der Waals surface area contributed by atoms with E-state index in [0.29, 0.717) is 12.4 Å². The Morgan fingerprint density at radius 3 is 2.41 bits per heavy atom. The smallest absolute Gasteiger partial charge is 0.123 e. The molecule has 0 spiro atoms. The first-order valence-electron chi connectivity index (χ1n) is 12.1. The minimum Gasteiger partial charge on any atom is -0.508 e. The number of benzene rings is 3. The van der Waals surface area contributed by atoms with Gasteiger partial charge in [-0.25, -0.2) is 0 Å². The van der Waals surface area contributed by atoms with E-state index in [4.69, 9.17) is 4.74 Å². The number of nitrogens with zero attached hydrogens (tertiary/aromatic N) is 1. The van der Waals surface area contributed by atoms with Crippen LogP contribution >= 0.6 is 0 Å². The van der Waals surface area contributed by atoms with Crippen LogP contribution in [-0.2, 0) is 6.42 Å². The maximum Gasteiger partial charge on any atom is 0.123 e. The molecule has 0 unspecified atom stereocenters. The van der Waals surface area contributed by atoms with Gasteiger partial charge < -0.3 is 14.7 Å². The number of phenols is 1. The summed E-state index contributed by atoms with van der Waals surface area (Å²) < 4.78 is 6.11. The quantitative estimate of drug-likeness (QED) is 0.461. The van der Waals surface area contributed by atoms with E-state index < -0.39 is 0 Å². The molecule has 1 saturated heterocycles. The van der Waals surface area contributed by atoms with Crippen molar-refractivity contribution < 1.29 is 9.84 Å². The van der Waals surface area contributed by atoms with Crippen LogP contribution in [0.25, 0.3) is 0 Å². The number of fused-ring (bicyclic) bond motifs is 1. The molecule has 2 heterocycles. The van der Waals surface area contributed by atoms with E-state index in [1.54, 1.807) is 6.07 Å². The fourth-order valence-corrected chi connectivity index (χ4v) is 5.37. The van der Waals surface area contributed by atoms with Crippen molar-refractivity contribution in [2.75, 3.05) is 26.2 Å². The SMILES string of the molecule is Oc1ccc2c(c1)[C@@H](c1ccc(CCCCN3CCCC3)cc1)[C@@H](c1ccccc1)CO2. The molecule has 0 bridgehead atoms. The van der Waals surface area contributed by atoms with Crippen molar-refractivity contribution in [2.45, 2.75) is 43.9 Å². The Kier molecular flexibility index (Phi) is 6.45. The largest absolute Gasteiger partial charge is 0.508 e. The Balaban J connectivity index is 1.34. The average molecular weight is 428 g/mol. The third kappa shape index (κ3) is 4.68. The number of ether oxygens (including phenoxy) is 1. The summed E-state index contributed by atoms with van der Waals surface area (Å²) in [7, 11) is 0. The normalized spacial score (nSPS) is 20.6. The summed E-state index contributed by atoms with van der Waals surface area (Å²) in [6.45, 7) is 4.47. The van der Waals surface area contributed by atoms with Crippen molar-refractivity contribution in [1.82, 2.24) is 4.90 Å². The molecule has 3 aromatic carbocycles. The van der Waals surface area contributed by atoms with Gasteiger partial charge in [0.15, 0.2) is 0 Å². The zero-order valence-electron chi connectivity index (χ0n) is 18.7. The monoisotopic (exact) mass is 427 g/mol. The van der Waals surface area contributed by atoms with Crippen molar-refractivity contribution in [1.29, 1.82) is 0 Å². The van der Waals surface area contributed by atoms with E-state index >= 15 is 0 Å². The van der Waals surface area contributed by atoms with Crippen LogP contribution in [0, 0.1) is 0 Å². The molecule has 5 rings (SSSR count). The molecule has 1 fully saturated rings. The second-order valence-electron chi connectivity index (χ2n) is 9.28. The predicted octanol–water partition coefficient (Wildman–Crippen LogP) is 6.12. The van der Waals surface area contributed by atoms with E-state index in [0.717, 1.165) is 17.7 Å². The van der Waals surface area contributed by atoms with Crippen LogP contribution in [0.3, 0.4) is 0 Å². The maximum atomic E-state index is 10.2. The van der Waals surface area contributed by atoms with Gasteiger partial charge in [0, 0.05) is 17.4 Å². The Morgan fingerprint density at radius 2 is 1.62 bits per heavy atom. The molecule has 0 radical (unpaired) electrons. The summed E-state index contributed by atoms with van der Waals surface area (Å²) in [5.41, 5.74) is 5.05. The fourth-order valence-electron chi connectivity index (χ4n) is 5.37. The molecule has 2 atom stereocenters. The molecule has 2 aliphatic rings. The van der Waals surface area contributed by atoms with Crippen LogP contribution in [-0.4, -0.2) is 36.2 Å². The van der Waals surface area contributed by atoms with Gasteiger partial charge in [-0.15, -0.1) is 0 Å². The first-order valence-corrected chi connectivity index (χ1v) is 12.1. The highest BCUT2D eigenvalue weighted by molar-refractivity contribution is 5.50. The topological polar surface area (TPSA) is 32.7 Å². The average Bonchev–Trinajstić information content (AvgIpc) is 3.36. The third-order valence-electron chi connectivity index (χ3n) is 7.10. The summed E-state index contributed by atoms with van der Waals surface area (Å²) >= 11 is 0. The number of rotatable bonds is 7. The maximum absolute atomic E-state index is 10.2. The molecule has 0 aromatic heterocycles. The van der Waals surface area contributed by atoms with Crippen molar-refractivity contribution in [3.63, 3.8) is 0 Å². The number of unbranched alkanes of at least 4 members (excludes halogenated alkanes) is 1. The van der Waals surface area contributed by atoms with Gasteiger partial charge in [0.2, 0.25) is 0 Å². The van der Waals surface area contributed by atoms with Crippen LogP contribution in [0.1, 0.15) is 59.8 Å². The molecule has 1 N–H and O–H groups in total. The molecule has 0 aliphatic carbocycles. The fraction of sp³-hybridized carbons (Fsp3) is 0.379. The molecular formula is C29H33NO2. The molecular weight excluding hydrogens is 394 g/mol. The standard InChI is InChI=1S/C29H33NO2/c31-25-15-16-28-26(20-25)29(27(21-32-28)23-9-2-1-3-10-23)24-13-11-22(12-14-24)8-4-5-17-30-18-6-7-19-30/h1-3,9-16,20,27,29,31H,4-8,17-19,21H2/t27-,29-/m1/s1. The molecule has 166 valence electrons. The predicted molar refractivity (Wildman–Crippen MR) is 130 cm³/mol. The number of phenolic OH excluding ortho intramolecular Hbond substituents is 1. The molecule has 3 nitrogen and oxygen atoms in total. The number of hydrogen-bond acceptors (Lipinski definition) is 3. The molecule has 0 saturated carbocycles. The van der Waals surface area contributed by atoms with E-state index in [9.17, 15) is 5.11 Å². The van der Waals surface area contributed by atoms with Gasteiger partial charge in [-0.1, -0.05) is 54.6 Å². The number of hydrogen-bond donors (Lipinski definition) is 1. The van der Waals surface area contributed by atoms with Gasteiger partial charge in [0.05, 0.1) is 6.61 Å². The summed E-state index contributed by atoms with van der Waals surface area (Å²) in [5.74, 6) is 1.56. The van der Waals surface area contributed by atoms with E-state index in [1.165, 1.54) is 62.0 Å². The summed E-state index contributed by atoms with van der Waals surface area (Å²) in [4.78, 5) is 2.60. The zero-order chi connectivity index (χ0) is 21.8. The molecule has 3 heteroatoms. The Hall–Kier alpha value is -2.78. The van der Waals surface area contributed by atoms with Crippen LogP contribution in [0.15, 0.2) is 72.8 Å². The van der Waals surface area contributed by atoms with Gasteiger partial charge in [0.1, 0.15) is 11.5 Å². The van der Waals surface area contributed by atoms with Crippen molar-refractivity contribution in [2.24, 2.45) is 0 Å². The Labute approximate surface area is 191 Å². The minimum absolute atomic E-state index is 0.164. The molecule has 0 amide bonds.